The smallest absolute Gasteiger partial charge is 0.346 e. The molecule has 0 aliphatic heterocycles. The zero-order chi connectivity index (χ0) is 12.3. The number of hydrogen-bond acceptors (Lipinski definition) is 4. The van der Waals surface area contributed by atoms with Gasteiger partial charge in [-0.3, -0.25) is 0 Å². The first-order valence-electron chi connectivity index (χ1n) is 4.69. The number of carboxylic acid groups (broad SMARTS) is 1. The summed E-state index contributed by atoms with van der Waals surface area (Å²) in [6, 6.07) is 10.2. The molecule has 0 saturated carbocycles. The summed E-state index contributed by atoms with van der Waals surface area (Å²) in [5, 5.41) is 19.2. The van der Waals surface area contributed by atoms with E-state index in [4.69, 9.17) is 15.1 Å². The molecule has 2 aromatic rings. The van der Waals surface area contributed by atoms with Crippen LogP contribution < -0.4 is 4.74 Å². The van der Waals surface area contributed by atoms with Crippen molar-refractivity contribution in [3.05, 3.63) is 46.2 Å². The first-order chi connectivity index (χ1) is 8.20. The summed E-state index contributed by atoms with van der Waals surface area (Å²) in [4.78, 5) is 10.9. The van der Waals surface area contributed by atoms with E-state index in [2.05, 4.69) is 0 Å². The lowest BCUT2D eigenvalue weighted by Crippen LogP contribution is -1.90. The number of aromatic carboxylic acids is 1. The normalized spacial score (nSPS) is 9.59. The number of nitriles is 1. The van der Waals surface area contributed by atoms with E-state index in [9.17, 15) is 4.79 Å². The highest BCUT2D eigenvalue weighted by Crippen LogP contribution is 2.28. The lowest BCUT2D eigenvalue weighted by molar-refractivity contribution is 0.0702. The van der Waals surface area contributed by atoms with Gasteiger partial charge in [-0.2, -0.15) is 5.26 Å². The number of hydrogen-bond donors (Lipinski definition) is 1. The topological polar surface area (TPSA) is 70.3 Å². The number of carbonyl (C=O) groups is 1. The molecule has 0 bridgehead atoms. The third-order valence-corrected chi connectivity index (χ3v) is 2.92. The van der Waals surface area contributed by atoms with E-state index in [1.54, 1.807) is 29.6 Å². The van der Waals surface area contributed by atoms with Crippen LogP contribution in [0.5, 0.6) is 11.5 Å². The van der Waals surface area contributed by atoms with E-state index in [-0.39, 0.29) is 4.88 Å². The molecule has 1 N–H and O–H groups in total. The van der Waals surface area contributed by atoms with Gasteiger partial charge >= 0.3 is 5.97 Å². The first kappa shape index (κ1) is 11.2. The molecule has 0 fully saturated rings. The maximum Gasteiger partial charge on any atom is 0.346 e. The number of benzene rings is 1. The molecule has 0 amide bonds. The van der Waals surface area contributed by atoms with E-state index in [1.165, 1.54) is 6.07 Å². The zero-order valence-corrected chi connectivity index (χ0v) is 9.40. The molecule has 1 aromatic carbocycles. The van der Waals surface area contributed by atoms with Crippen molar-refractivity contribution >= 4 is 17.3 Å². The molecule has 0 radical (unpaired) electrons. The van der Waals surface area contributed by atoms with Crippen molar-refractivity contribution in [2.45, 2.75) is 0 Å². The Balaban J connectivity index is 2.26. The van der Waals surface area contributed by atoms with Gasteiger partial charge in [-0.05, 0) is 12.1 Å². The molecular weight excluding hydrogens is 238 g/mol. The Morgan fingerprint density at radius 2 is 2.18 bits per heavy atom. The van der Waals surface area contributed by atoms with Crippen LogP contribution in [0, 0.1) is 11.3 Å². The molecule has 0 unspecified atom stereocenters. The summed E-state index contributed by atoms with van der Waals surface area (Å²) in [6.45, 7) is 0. The van der Waals surface area contributed by atoms with Gasteiger partial charge in [0.15, 0.2) is 0 Å². The van der Waals surface area contributed by atoms with Gasteiger partial charge in [0.1, 0.15) is 22.4 Å². The molecule has 1 aromatic heterocycles. The van der Waals surface area contributed by atoms with E-state index >= 15 is 0 Å². The van der Waals surface area contributed by atoms with Crippen LogP contribution in [0.25, 0.3) is 0 Å². The molecule has 5 heteroatoms. The fourth-order valence-electron chi connectivity index (χ4n) is 1.26. The monoisotopic (exact) mass is 245 g/mol. The van der Waals surface area contributed by atoms with Gasteiger partial charge in [0.05, 0.1) is 5.56 Å². The van der Waals surface area contributed by atoms with Crippen LogP contribution in [-0.4, -0.2) is 11.1 Å². The van der Waals surface area contributed by atoms with Crippen LogP contribution in [0.15, 0.2) is 35.7 Å². The van der Waals surface area contributed by atoms with Gasteiger partial charge in [-0.25, -0.2) is 4.79 Å². The minimum Gasteiger partial charge on any atom is -0.477 e. The van der Waals surface area contributed by atoms with Crippen LogP contribution in [-0.2, 0) is 0 Å². The average Bonchev–Trinajstić information content (AvgIpc) is 2.78. The predicted octanol–water partition coefficient (Wildman–Crippen LogP) is 3.11. The highest BCUT2D eigenvalue weighted by molar-refractivity contribution is 7.12. The Morgan fingerprint density at radius 1 is 1.41 bits per heavy atom. The second kappa shape index (κ2) is 4.68. The Hall–Kier alpha value is -2.32. The van der Waals surface area contributed by atoms with Gasteiger partial charge < -0.3 is 9.84 Å². The Kier molecular flexibility index (Phi) is 3.08. The van der Waals surface area contributed by atoms with Crippen molar-refractivity contribution < 1.29 is 14.6 Å². The van der Waals surface area contributed by atoms with Crippen molar-refractivity contribution in [2.24, 2.45) is 0 Å². The number of nitrogens with zero attached hydrogens (tertiary/aromatic N) is 1. The predicted molar refractivity (Wildman–Crippen MR) is 62.5 cm³/mol. The Bertz CT molecular complexity index is 598. The number of ether oxygens (including phenoxy) is 1. The quantitative estimate of drug-likeness (QED) is 0.901. The molecular formula is C12H7NO3S. The first-order valence-corrected chi connectivity index (χ1v) is 5.57. The number of thiophene rings is 1. The second-order valence-electron chi connectivity index (χ2n) is 3.16. The maximum absolute atomic E-state index is 10.7. The van der Waals surface area contributed by atoms with E-state index in [0.717, 1.165) is 11.3 Å². The second-order valence-corrected chi connectivity index (χ2v) is 4.07. The summed E-state index contributed by atoms with van der Waals surface area (Å²) < 4.78 is 5.46. The van der Waals surface area contributed by atoms with Gasteiger partial charge in [0.2, 0.25) is 0 Å². The Morgan fingerprint density at radius 3 is 2.82 bits per heavy atom. The van der Waals surface area contributed by atoms with Gasteiger partial charge in [-0.1, -0.05) is 12.1 Å². The molecule has 17 heavy (non-hydrogen) atoms. The largest absolute Gasteiger partial charge is 0.477 e. The third-order valence-electron chi connectivity index (χ3n) is 2.02. The minimum absolute atomic E-state index is 0.203. The fraction of sp³-hybridized carbons (Fsp3) is 0. The zero-order valence-electron chi connectivity index (χ0n) is 8.58. The van der Waals surface area contributed by atoms with Crippen molar-refractivity contribution in [2.75, 3.05) is 0 Å². The summed E-state index contributed by atoms with van der Waals surface area (Å²) in [5.41, 5.74) is 0.413. The highest BCUT2D eigenvalue weighted by atomic mass is 32.1. The number of para-hydroxylation sites is 1. The summed E-state index contributed by atoms with van der Waals surface area (Å²) in [6.07, 6.45) is 0. The van der Waals surface area contributed by atoms with Crippen LogP contribution in [0.2, 0.25) is 0 Å². The lowest BCUT2D eigenvalue weighted by Gasteiger charge is -2.03. The average molecular weight is 245 g/mol. The van der Waals surface area contributed by atoms with Crippen molar-refractivity contribution in [1.82, 2.24) is 0 Å². The third kappa shape index (κ3) is 2.44. The molecule has 0 atom stereocenters. The summed E-state index contributed by atoms with van der Waals surface area (Å²) >= 11 is 1.08. The molecule has 2 rings (SSSR count). The maximum atomic E-state index is 10.7. The van der Waals surface area contributed by atoms with Crippen molar-refractivity contribution in [3.8, 4) is 17.6 Å². The fourth-order valence-corrected chi connectivity index (χ4v) is 1.90. The van der Waals surface area contributed by atoms with Crippen molar-refractivity contribution in [1.29, 1.82) is 5.26 Å². The molecule has 1 heterocycles. The van der Waals surface area contributed by atoms with E-state index in [0.29, 0.717) is 17.1 Å². The molecule has 0 aliphatic carbocycles. The van der Waals surface area contributed by atoms with Gasteiger partial charge in [-0.15, -0.1) is 11.3 Å². The summed E-state index contributed by atoms with van der Waals surface area (Å²) in [7, 11) is 0. The van der Waals surface area contributed by atoms with Gasteiger partial charge in [0, 0.05) is 11.4 Å². The van der Waals surface area contributed by atoms with E-state index < -0.39 is 5.97 Å². The minimum atomic E-state index is -0.988. The standard InChI is InChI=1S/C12H7NO3S/c13-6-8-3-1-2-4-10(8)16-9-5-11(12(14)15)17-7-9/h1-5,7H,(H,14,15). The molecule has 0 spiro atoms. The number of rotatable bonds is 3. The van der Waals surface area contributed by atoms with E-state index in [1.807, 2.05) is 6.07 Å². The van der Waals surface area contributed by atoms with Crippen LogP contribution in [0.1, 0.15) is 15.2 Å². The molecule has 84 valence electrons. The van der Waals surface area contributed by atoms with Crippen LogP contribution in [0.4, 0.5) is 0 Å². The van der Waals surface area contributed by atoms with Gasteiger partial charge in [0.25, 0.3) is 0 Å². The lowest BCUT2D eigenvalue weighted by atomic mass is 10.2. The Labute approximate surface area is 101 Å². The van der Waals surface area contributed by atoms with Crippen LogP contribution in [0.3, 0.4) is 0 Å². The van der Waals surface area contributed by atoms with Crippen molar-refractivity contribution in [3.63, 3.8) is 0 Å². The summed E-state index contributed by atoms with van der Waals surface area (Å²) in [5.74, 6) is -0.141. The highest BCUT2D eigenvalue weighted by Gasteiger charge is 2.09. The number of carboxylic acids is 1. The molecule has 0 aliphatic rings. The molecule has 4 nitrogen and oxygen atoms in total. The van der Waals surface area contributed by atoms with Crippen LogP contribution >= 0.6 is 11.3 Å². The molecule has 0 saturated heterocycles. The SMILES string of the molecule is N#Cc1ccccc1Oc1csc(C(=O)O)c1.